The molecule has 0 N–H and O–H groups in total. The summed E-state index contributed by atoms with van der Waals surface area (Å²) in [6, 6.07) is 9.90. The average molecular weight is 593 g/mol. The van der Waals surface area contributed by atoms with E-state index >= 15 is 0 Å². The van der Waals surface area contributed by atoms with Gasteiger partial charge in [-0.2, -0.15) is 5.16 Å². The van der Waals surface area contributed by atoms with Crippen LogP contribution in [0, 0.1) is 0 Å². The Morgan fingerprint density at radius 1 is 0.867 bits per heavy atom. The summed E-state index contributed by atoms with van der Waals surface area (Å²) in [5, 5.41) is 32.3. The van der Waals surface area contributed by atoms with Crippen LogP contribution in [0.25, 0.3) is 5.41 Å². The van der Waals surface area contributed by atoms with E-state index in [1.54, 1.807) is 36.7 Å². The largest absolute Gasteiger partial charge is 3.00 e. The molecule has 0 saturated carbocycles. The fourth-order valence-electron chi connectivity index (χ4n) is 2.02. The fraction of sp³-hybridized carbons (Fsp3) is 0.286. The Balaban J connectivity index is 0.00000198. The summed E-state index contributed by atoms with van der Waals surface area (Å²) in [7, 11) is 0. The van der Waals surface area contributed by atoms with Crippen molar-refractivity contribution in [2.45, 2.75) is 38.8 Å². The molecule has 0 amide bonds. The number of isothiocyanates is 1. The predicted octanol–water partition coefficient (Wildman–Crippen LogP) is 5.11. The molecule has 0 fully saturated rings. The maximum Gasteiger partial charge on any atom is 3.00 e. The zero-order valence-electron chi connectivity index (χ0n) is 16.8. The van der Waals surface area contributed by atoms with Crippen LogP contribution in [0.5, 0.6) is 11.5 Å². The first-order chi connectivity index (χ1) is 13.4. The van der Waals surface area contributed by atoms with Crippen LogP contribution < -0.4 is 10.2 Å². The van der Waals surface area contributed by atoms with Crippen molar-refractivity contribution in [3.05, 3.63) is 61.9 Å². The van der Waals surface area contributed by atoms with Gasteiger partial charge in [-0.05, 0) is 63.1 Å². The van der Waals surface area contributed by atoms with Gasteiger partial charge in [-0.3, -0.25) is 9.98 Å². The minimum absolute atomic E-state index is 0. The van der Waals surface area contributed by atoms with Crippen LogP contribution in [0.3, 0.4) is 0 Å². The van der Waals surface area contributed by atoms with E-state index in [1.165, 1.54) is 17.3 Å². The molecule has 0 unspecified atom stereocenters. The summed E-state index contributed by atoms with van der Waals surface area (Å²) in [5.74, 6) is -0.168. The molecule has 0 radical (unpaired) electrons. The quantitative estimate of drug-likeness (QED) is 0.274. The summed E-state index contributed by atoms with van der Waals surface area (Å²) in [5.41, 5.74) is -0.150. The Hall–Kier alpha value is -1.34. The van der Waals surface area contributed by atoms with E-state index in [9.17, 15) is 10.2 Å². The van der Waals surface area contributed by atoms with Crippen LogP contribution in [0.4, 0.5) is 0 Å². The Bertz CT molecular complexity index is 886. The molecular formula is C21H20Br2MnN3O2S. The Morgan fingerprint density at radius 3 is 1.47 bits per heavy atom. The van der Waals surface area contributed by atoms with E-state index in [2.05, 4.69) is 54.1 Å². The van der Waals surface area contributed by atoms with Crippen LogP contribution in [0.2, 0.25) is 0 Å². The van der Waals surface area contributed by atoms with E-state index < -0.39 is 11.1 Å². The molecule has 2 aromatic rings. The van der Waals surface area contributed by atoms with Crippen molar-refractivity contribution >= 4 is 61.7 Å². The van der Waals surface area contributed by atoms with Crippen LogP contribution in [-0.2, 0) is 17.1 Å². The Labute approximate surface area is 210 Å². The molecule has 2 rings (SSSR count). The second-order valence-corrected chi connectivity index (χ2v) is 9.10. The Kier molecular flexibility index (Phi) is 11.9. The first-order valence-electron chi connectivity index (χ1n) is 8.48. The van der Waals surface area contributed by atoms with Gasteiger partial charge in [0, 0.05) is 21.4 Å². The van der Waals surface area contributed by atoms with Gasteiger partial charge in [0.2, 0.25) is 0 Å². The van der Waals surface area contributed by atoms with Gasteiger partial charge in [0.1, 0.15) is 0 Å². The van der Waals surface area contributed by atoms with Crippen LogP contribution in [0.15, 0.2) is 55.3 Å². The molecule has 9 heteroatoms. The van der Waals surface area contributed by atoms with E-state index in [0.29, 0.717) is 11.1 Å². The third-order valence-electron chi connectivity index (χ3n) is 4.49. The molecule has 0 bridgehead atoms. The SMILES string of the molecule is CC(C)(N=Cc1cc(Br)ccc1[O-])C(C)(C)N=Cc1cc(Br)ccc1[O-].[Mn+3].[N-]=C=S. The van der Waals surface area contributed by atoms with E-state index in [4.69, 9.17) is 5.41 Å². The average Bonchev–Trinajstić information content (AvgIpc) is 2.64. The molecule has 0 saturated heterocycles. The molecule has 158 valence electrons. The summed E-state index contributed by atoms with van der Waals surface area (Å²) < 4.78 is 1.65. The van der Waals surface area contributed by atoms with Crippen molar-refractivity contribution in [2.75, 3.05) is 0 Å². The standard InChI is InChI=1S/C20H22Br2N2O2.CNS.Mn/c1-19(2,23-11-13-9-15(21)5-7-17(13)25)20(3,4)24-12-14-10-16(22)6-8-18(14)26;2-1-3;/h5-12,25-26H,1-4H3;;/q;-1;+3/p-2. The minimum atomic E-state index is -0.590. The number of halogens is 2. The van der Waals surface area contributed by atoms with Gasteiger partial charge in [-0.25, -0.2) is 0 Å². The minimum Gasteiger partial charge on any atom is -0.872 e. The fourth-order valence-corrected chi connectivity index (χ4v) is 2.78. The second-order valence-electron chi connectivity index (χ2n) is 7.09. The van der Waals surface area contributed by atoms with E-state index in [0.717, 1.165) is 8.95 Å². The van der Waals surface area contributed by atoms with Gasteiger partial charge >= 0.3 is 17.1 Å². The summed E-state index contributed by atoms with van der Waals surface area (Å²) in [6.45, 7) is 7.79. The van der Waals surface area contributed by atoms with Crippen molar-refractivity contribution in [1.82, 2.24) is 0 Å². The predicted molar refractivity (Wildman–Crippen MR) is 126 cm³/mol. The van der Waals surface area contributed by atoms with Crippen LogP contribution in [0.1, 0.15) is 38.8 Å². The molecule has 0 aromatic heterocycles. The molecule has 30 heavy (non-hydrogen) atoms. The number of aliphatic imine (C=N–C) groups is 2. The van der Waals surface area contributed by atoms with Crippen molar-refractivity contribution in [2.24, 2.45) is 9.98 Å². The number of hydrogen-bond donors (Lipinski definition) is 0. The van der Waals surface area contributed by atoms with Crippen molar-refractivity contribution in [3.63, 3.8) is 0 Å². The zero-order valence-corrected chi connectivity index (χ0v) is 22.0. The molecule has 0 atom stereocenters. The molecule has 0 heterocycles. The molecule has 0 spiro atoms. The maximum atomic E-state index is 11.9. The third-order valence-corrected chi connectivity index (χ3v) is 5.48. The number of hydrogen-bond acceptors (Lipinski definition) is 5. The number of nitrogens with zero attached hydrogens (tertiary/aromatic N) is 3. The molecule has 0 aliphatic rings. The first-order valence-corrected chi connectivity index (χ1v) is 10.5. The molecule has 5 nitrogen and oxygen atoms in total. The summed E-state index contributed by atoms with van der Waals surface area (Å²) in [4.78, 5) is 9.21. The van der Waals surface area contributed by atoms with Crippen molar-refractivity contribution in [3.8, 4) is 11.5 Å². The van der Waals surface area contributed by atoms with Gasteiger partial charge in [0.25, 0.3) is 0 Å². The Morgan fingerprint density at radius 2 is 1.17 bits per heavy atom. The molecule has 2 aromatic carbocycles. The normalized spacial score (nSPS) is 11.5. The molecular weight excluding hydrogens is 573 g/mol. The number of benzene rings is 2. The summed E-state index contributed by atoms with van der Waals surface area (Å²) >= 11 is 10.4. The third kappa shape index (κ3) is 8.42. The molecule has 0 aliphatic carbocycles. The summed E-state index contributed by atoms with van der Waals surface area (Å²) in [6.07, 6.45) is 3.17. The topological polar surface area (TPSA) is 93.1 Å². The van der Waals surface area contributed by atoms with E-state index in [-0.39, 0.29) is 28.6 Å². The first kappa shape index (κ1) is 28.7. The van der Waals surface area contributed by atoms with Gasteiger partial charge in [-0.1, -0.05) is 67.7 Å². The van der Waals surface area contributed by atoms with Crippen LogP contribution >= 0.6 is 44.1 Å². The maximum absolute atomic E-state index is 11.9. The number of thiocarbonyl (C=S) groups is 1. The van der Waals surface area contributed by atoms with Crippen LogP contribution in [-0.4, -0.2) is 28.7 Å². The number of rotatable bonds is 5. The second kappa shape index (κ2) is 12.5. The zero-order chi connectivity index (χ0) is 22.2. The van der Waals surface area contributed by atoms with Crippen molar-refractivity contribution in [1.29, 1.82) is 0 Å². The smallest absolute Gasteiger partial charge is 0.872 e. The monoisotopic (exact) mass is 591 g/mol. The van der Waals surface area contributed by atoms with Gasteiger partial charge in [0.05, 0.1) is 11.1 Å². The van der Waals surface area contributed by atoms with Gasteiger partial charge in [0.15, 0.2) is 0 Å². The van der Waals surface area contributed by atoms with Gasteiger partial charge in [-0.15, -0.1) is 0 Å². The van der Waals surface area contributed by atoms with Crippen molar-refractivity contribution < 1.29 is 27.3 Å². The van der Waals surface area contributed by atoms with Gasteiger partial charge < -0.3 is 15.6 Å². The molecule has 0 aliphatic heterocycles. The van der Waals surface area contributed by atoms with E-state index in [1.807, 2.05) is 27.7 Å².